The van der Waals surface area contributed by atoms with E-state index in [0.717, 1.165) is 22.4 Å². The predicted octanol–water partition coefficient (Wildman–Crippen LogP) is 4.45. The molecule has 162 valence electrons. The Labute approximate surface area is 189 Å². The van der Waals surface area contributed by atoms with Gasteiger partial charge in [-0.3, -0.25) is 19.9 Å². The summed E-state index contributed by atoms with van der Waals surface area (Å²) in [4.78, 5) is 29.5. The monoisotopic (exact) mass is 437 g/mol. The van der Waals surface area contributed by atoms with Crippen molar-refractivity contribution in [3.63, 3.8) is 0 Å². The lowest BCUT2D eigenvalue weighted by atomic mass is 10.1. The molecule has 2 aromatic heterocycles. The Morgan fingerprint density at radius 2 is 1.94 bits per heavy atom. The number of hydrogen-bond donors (Lipinski definition) is 0. The van der Waals surface area contributed by atoms with Gasteiger partial charge in [0.2, 0.25) is 0 Å². The van der Waals surface area contributed by atoms with Crippen molar-refractivity contribution in [2.24, 2.45) is 0 Å². The third-order valence-corrected chi connectivity index (χ3v) is 5.54. The number of nitro groups is 1. The summed E-state index contributed by atoms with van der Waals surface area (Å²) in [5.74, 6) is -0.237. The fourth-order valence-electron chi connectivity index (χ4n) is 3.91. The molecule has 1 amide bonds. The van der Waals surface area contributed by atoms with Crippen LogP contribution in [0.4, 0.5) is 11.4 Å². The lowest BCUT2D eigenvalue weighted by Crippen LogP contribution is -2.26. The molecule has 0 saturated heterocycles. The number of anilines is 1. The Kier molecular flexibility index (Phi) is 5.24. The SMILES string of the molecule is O=C(/C=C/c1cn(-c2ccccc2)nc1-c1cccnc1)N1CCc2ccc([N+](=O)[O-])cc21. The molecule has 8 nitrogen and oxygen atoms in total. The second-order valence-electron chi connectivity index (χ2n) is 7.60. The van der Waals surface area contributed by atoms with Crippen LogP contribution in [0.1, 0.15) is 11.1 Å². The maximum Gasteiger partial charge on any atom is 0.271 e. The van der Waals surface area contributed by atoms with Crippen molar-refractivity contribution < 1.29 is 9.72 Å². The van der Waals surface area contributed by atoms with E-state index in [1.54, 1.807) is 34.1 Å². The van der Waals surface area contributed by atoms with E-state index in [-0.39, 0.29) is 11.6 Å². The van der Waals surface area contributed by atoms with Gasteiger partial charge in [-0.05, 0) is 42.3 Å². The number of nitrogens with zero attached hydrogens (tertiary/aromatic N) is 5. The van der Waals surface area contributed by atoms with Gasteiger partial charge >= 0.3 is 0 Å². The highest BCUT2D eigenvalue weighted by Gasteiger charge is 2.25. The Morgan fingerprint density at radius 1 is 1.09 bits per heavy atom. The van der Waals surface area contributed by atoms with E-state index in [4.69, 9.17) is 5.10 Å². The van der Waals surface area contributed by atoms with Crippen molar-refractivity contribution in [3.8, 4) is 16.9 Å². The number of para-hydroxylation sites is 1. The highest BCUT2D eigenvalue weighted by Crippen LogP contribution is 2.32. The molecule has 3 heterocycles. The summed E-state index contributed by atoms with van der Waals surface area (Å²) in [7, 11) is 0. The largest absolute Gasteiger partial charge is 0.308 e. The van der Waals surface area contributed by atoms with Gasteiger partial charge in [0.05, 0.1) is 16.3 Å². The first-order valence-electron chi connectivity index (χ1n) is 10.4. The molecule has 33 heavy (non-hydrogen) atoms. The zero-order valence-electron chi connectivity index (χ0n) is 17.5. The van der Waals surface area contributed by atoms with Crippen LogP contribution >= 0.6 is 0 Å². The van der Waals surface area contributed by atoms with E-state index in [1.165, 1.54) is 18.2 Å². The number of rotatable bonds is 5. The lowest BCUT2D eigenvalue weighted by molar-refractivity contribution is -0.384. The molecular formula is C25H19N5O3. The predicted molar refractivity (Wildman–Crippen MR) is 125 cm³/mol. The van der Waals surface area contributed by atoms with Gasteiger partial charge in [-0.1, -0.05) is 24.3 Å². The number of aromatic nitrogens is 3. The van der Waals surface area contributed by atoms with Crippen molar-refractivity contribution >= 4 is 23.4 Å². The smallest absolute Gasteiger partial charge is 0.271 e. The van der Waals surface area contributed by atoms with Crippen LogP contribution in [-0.4, -0.2) is 32.1 Å². The number of amides is 1. The second-order valence-corrected chi connectivity index (χ2v) is 7.60. The van der Waals surface area contributed by atoms with Gasteiger partial charge in [-0.15, -0.1) is 0 Å². The van der Waals surface area contributed by atoms with E-state index in [0.29, 0.717) is 24.3 Å². The molecule has 0 radical (unpaired) electrons. The fraction of sp³-hybridized carbons (Fsp3) is 0.0800. The third kappa shape index (κ3) is 4.01. The first-order valence-corrected chi connectivity index (χ1v) is 10.4. The molecule has 0 bridgehead atoms. The molecule has 0 atom stereocenters. The molecule has 0 fully saturated rings. The van der Waals surface area contributed by atoms with Crippen LogP contribution in [0.5, 0.6) is 0 Å². The molecule has 0 N–H and O–H groups in total. The van der Waals surface area contributed by atoms with E-state index in [2.05, 4.69) is 4.98 Å². The van der Waals surface area contributed by atoms with Crippen LogP contribution in [0.2, 0.25) is 0 Å². The third-order valence-electron chi connectivity index (χ3n) is 5.54. The van der Waals surface area contributed by atoms with Gasteiger partial charge in [-0.2, -0.15) is 5.10 Å². The van der Waals surface area contributed by atoms with E-state index < -0.39 is 4.92 Å². The molecule has 8 heteroatoms. The van der Waals surface area contributed by atoms with Crippen molar-refractivity contribution in [3.05, 3.63) is 107 Å². The first-order chi connectivity index (χ1) is 16.1. The van der Waals surface area contributed by atoms with Gasteiger partial charge < -0.3 is 4.90 Å². The van der Waals surface area contributed by atoms with Gasteiger partial charge in [-0.25, -0.2) is 4.68 Å². The number of carbonyl (C=O) groups is 1. The summed E-state index contributed by atoms with van der Waals surface area (Å²) in [5.41, 5.74) is 4.69. The minimum Gasteiger partial charge on any atom is -0.308 e. The highest BCUT2D eigenvalue weighted by atomic mass is 16.6. The van der Waals surface area contributed by atoms with E-state index in [9.17, 15) is 14.9 Å². The average Bonchev–Trinajstić information content (AvgIpc) is 3.48. The molecule has 2 aromatic carbocycles. The number of carbonyl (C=O) groups excluding carboxylic acids is 1. The van der Waals surface area contributed by atoms with Crippen molar-refractivity contribution in [2.75, 3.05) is 11.4 Å². The number of pyridine rings is 1. The molecule has 0 saturated carbocycles. The van der Waals surface area contributed by atoms with Crippen LogP contribution in [0, 0.1) is 10.1 Å². The summed E-state index contributed by atoms with van der Waals surface area (Å²) < 4.78 is 1.76. The number of fused-ring (bicyclic) bond motifs is 1. The molecule has 4 aromatic rings. The Bertz CT molecular complexity index is 1360. The molecule has 1 aliphatic heterocycles. The lowest BCUT2D eigenvalue weighted by Gasteiger charge is -2.14. The second kappa shape index (κ2) is 8.51. The van der Waals surface area contributed by atoms with Crippen molar-refractivity contribution in [1.29, 1.82) is 0 Å². The number of hydrogen-bond acceptors (Lipinski definition) is 5. The maximum absolute atomic E-state index is 13.0. The molecular weight excluding hydrogens is 418 g/mol. The quantitative estimate of drug-likeness (QED) is 0.261. The molecule has 1 aliphatic rings. The number of benzene rings is 2. The first kappa shape index (κ1) is 20.3. The summed E-state index contributed by atoms with van der Waals surface area (Å²) in [5, 5.41) is 15.9. The van der Waals surface area contributed by atoms with Gasteiger partial charge in [0, 0.05) is 54.5 Å². The standard InChI is InChI=1S/C25H19N5O3/c31-24(28-14-12-18-8-10-22(30(32)33)15-23(18)28)11-9-20-17-29(21-6-2-1-3-7-21)27-25(20)19-5-4-13-26-16-19/h1-11,13,15-17H,12,14H2/b11-9+. The Hall–Kier alpha value is -4.59. The normalized spacial score (nSPS) is 12.8. The zero-order valence-corrected chi connectivity index (χ0v) is 17.5. The van der Waals surface area contributed by atoms with Crippen LogP contribution in [0.15, 0.2) is 85.3 Å². The van der Waals surface area contributed by atoms with Gasteiger partial charge in [0.25, 0.3) is 11.6 Å². The molecule has 0 spiro atoms. The van der Waals surface area contributed by atoms with Crippen molar-refractivity contribution in [1.82, 2.24) is 14.8 Å². The van der Waals surface area contributed by atoms with Crippen LogP contribution in [0.3, 0.4) is 0 Å². The minimum atomic E-state index is -0.449. The van der Waals surface area contributed by atoms with E-state index >= 15 is 0 Å². The molecule has 5 rings (SSSR count). The highest BCUT2D eigenvalue weighted by molar-refractivity contribution is 6.05. The Morgan fingerprint density at radius 3 is 2.70 bits per heavy atom. The number of nitro benzene ring substituents is 1. The average molecular weight is 437 g/mol. The topological polar surface area (TPSA) is 94.2 Å². The van der Waals surface area contributed by atoms with Crippen LogP contribution < -0.4 is 4.90 Å². The molecule has 0 aliphatic carbocycles. The summed E-state index contributed by atoms with van der Waals surface area (Å²) in [6.45, 7) is 0.485. The maximum atomic E-state index is 13.0. The van der Waals surface area contributed by atoms with E-state index in [1.807, 2.05) is 48.7 Å². The number of non-ortho nitro benzene ring substituents is 1. The summed E-state index contributed by atoms with van der Waals surface area (Å²) in [6, 6.07) is 18.1. The summed E-state index contributed by atoms with van der Waals surface area (Å²) in [6.07, 6.45) is 9.17. The fourth-order valence-corrected chi connectivity index (χ4v) is 3.91. The summed E-state index contributed by atoms with van der Waals surface area (Å²) >= 11 is 0. The van der Waals surface area contributed by atoms with Crippen LogP contribution in [0.25, 0.3) is 23.0 Å². The van der Waals surface area contributed by atoms with Crippen LogP contribution in [-0.2, 0) is 11.2 Å². The van der Waals surface area contributed by atoms with Gasteiger partial charge in [0.1, 0.15) is 5.69 Å². The van der Waals surface area contributed by atoms with Gasteiger partial charge in [0.15, 0.2) is 0 Å². The minimum absolute atomic E-state index is 0.0274. The zero-order chi connectivity index (χ0) is 22.8. The van der Waals surface area contributed by atoms with Crippen molar-refractivity contribution in [2.45, 2.75) is 6.42 Å². The Balaban J connectivity index is 1.48. The molecule has 0 unspecified atom stereocenters.